The Balaban J connectivity index is 1.97. The van der Waals surface area contributed by atoms with Gasteiger partial charge >= 0.3 is 0 Å². The normalized spacial score (nSPS) is 19.2. The Kier molecular flexibility index (Phi) is 5.31. The fourth-order valence-electron chi connectivity index (χ4n) is 2.59. The first-order chi connectivity index (χ1) is 9.20. The molecule has 1 aromatic rings. The molecule has 1 aromatic carbocycles. The highest BCUT2D eigenvalue weighted by atomic mass is 32.1. The van der Waals surface area contributed by atoms with Crippen LogP contribution in [0.4, 0.5) is 0 Å². The van der Waals surface area contributed by atoms with E-state index in [4.69, 9.17) is 18.0 Å². The summed E-state index contributed by atoms with van der Waals surface area (Å²) in [5.74, 6) is 0.171. The quantitative estimate of drug-likeness (QED) is 0.830. The predicted molar refractivity (Wildman–Crippen MR) is 84.5 cm³/mol. The zero-order valence-electron chi connectivity index (χ0n) is 11.6. The average molecular weight is 277 g/mol. The van der Waals surface area contributed by atoms with Gasteiger partial charge in [-0.05, 0) is 12.1 Å². The smallest absolute Gasteiger partial charge is 0.0816 e. The van der Waals surface area contributed by atoms with Crippen LogP contribution in [0.15, 0.2) is 30.3 Å². The van der Waals surface area contributed by atoms with Crippen LogP contribution in [0, 0.1) is 0 Å². The lowest BCUT2D eigenvalue weighted by Gasteiger charge is -2.35. The van der Waals surface area contributed by atoms with Crippen LogP contribution in [0.3, 0.4) is 0 Å². The average Bonchev–Trinajstić information content (AvgIpc) is 2.46. The fraction of sp³-hybridized carbons (Fsp3) is 0.533. The van der Waals surface area contributed by atoms with E-state index in [-0.39, 0.29) is 5.92 Å². The number of hydrogen-bond acceptors (Lipinski definition) is 3. The van der Waals surface area contributed by atoms with Gasteiger partial charge in [-0.25, -0.2) is 0 Å². The molecule has 2 rings (SSSR count). The van der Waals surface area contributed by atoms with Crippen LogP contribution < -0.4 is 5.73 Å². The minimum atomic E-state index is 0.171. The molecule has 1 fully saturated rings. The molecule has 0 aromatic heterocycles. The Morgan fingerprint density at radius 1 is 1.16 bits per heavy atom. The number of nitrogens with two attached hydrogens (primary N) is 1. The van der Waals surface area contributed by atoms with Crippen LogP contribution >= 0.6 is 12.2 Å². The molecule has 0 bridgehead atoms. The van der Waals surface area contributed by atoms with Gasteiger partial charge in [0.1, 0.15) is 0 Å². The summed E-state index contributed by atoms with van der Waals surface area (Å²) in [6.07, 6.45) is 0. The van der Waals surface area contributed by atoms with E-state index in [1.807, 2.05) is 6.07 Å². The summed E-state index contributed by atoms with van der Waals surface area (Å²) in [5.41, 5.74) is 7.16. The summed E-state index contributed by atoms with van der Waals surface area (Å²) in [4.78, 5) is 5.56. The van der Waals surface area contributed by atoms with Gasteiger partial charge in [-0.3, -0.25) is 4.90 Å². The molecule has 1 aliphatic heterocycles. The predicted octanol–water partition coefficient (Wildman–Crippen LogP) is 1.69. The Bertz CT molecular complexity index is 399. The van der Waals surface area contributed by atoms with Crippen LogP contribution in [0.25, 0.3) is 0 Å². The fourth-order valence-corrected chi connectivity index (χ4v) is 2.80. The van der Waals surface area contributed by atoms with E-state index in [0.29, 0.717) is 4.99 Å². The van der Waals surface area contributed by atoms with Crippen molar-refractivity contribution in [1.82, 2.24) is 9.80 Å². The number of thiocarbonyl (C=S) groups is 1. The molecule has 2 N–H and O–H groups in total. The molecule has 1 saturated heterocycles. The summed E-state index contributed by atoms with van der Waals surface area (Å²) in [6.45, 7) is 8.82. The van der Waals surface area contributed by atoms with E-state index in [9.17, 15) is 0 Å². The van der Waals surface area contributed by atoms with Crippen LogP contribution in [0.2, 0.25) is 0 Å². The summed E-state index contributed by atoms with van der Waals surface area (Å²) in [7, 11) is 0. The van der Waals surface area contributed by atoms with Gasteiger partial charge in [-0.2, -0.15) is 0 Å². The molecule has 3 nitrogen and oxygen atoms in total. The van der Waals surface area contributed by atoms with Crippen LogP contribution in [-0.2, 0) is 0 Å². The maximum absolute atomic E-state index is 5.93. The Labute approximate surface area is 121 Å². The van der Waals surface area contributed by atoms with Crippen molar-refractivity contribution in [3.05, 3.63) is 35.9 Å². The third kappa shape index (κ3) is 4.00. The highest BCUT2D eigenvalue weighted by Gasteiger charge is 2.21. The first kappa shape index (κ1) is 14.4. The second-order valence-corrected chi connectivity index (χ2v) is 5.57. The van der Waals surface area contributed by atoms with E-state index in [2.05, 4.69) is 41.0 Å². The first-order valence-electron chi connectivity index (χ1n) is 6.99. The molecule has 1 heterocycles. The minimum Gasteiger partial charge on any atom is -0.393 e. The van der Waals surface area contributed by atoms with Gasteiger partial charge in [0.25, 0.3) is 0 Å². The van der Waals surface area contributed by atoms with Gasteiger partial charge < -0.3 is 10.6 Å². The molecule has 1 atom stereocenters. The molecule has 4 heteroatoms. The molecule has 1 unspecified atom stereocenters. The van der Waals surface area contributed by atoms with Crippen molar-refractivity contribution in [2.45, 2.75) is 12.8 Å². The van der Waals surface area contributed by atoms with E-state index in [1.54, 1.807) is 0 Å². The maximum Gasteiger partial charge on any atom is 0.0816 e. The lowest BCUT2D eigenvalue weighted by Crippen LogP contribution is -2.48. The van der Waals surface area contributed by atoms with Gasteiger partial charge in [-0.1, -0.05) is 49.5 Å². The standard InChI is InChI=1S/C15H23N3S/c1-2-17-8-10-18(11-9-17)12-14(15(16)19)13-6-4-3-5-7-13/h3-7,14H,2,8-12H2,1H3,(H2,16,19). The van der Waals surface area contributed by atoms with Crippen LogP contribution in [-0.4, -0.2) is 54.1 Å². The monoisotopic (exact) mass is 277 g/mol. The van der Waals surface area contributed by atoms with Crippen molar-refractivity contribution in [3.63, 3.8) is 0 Å². The van der Waals surface area contributed by atoms with Crippen molar-refractivity contribution in [1.29, 1.82) is 0 Å². The topological polar surface area (TPSA) is 32.5 Å². The molecule has 0 saturated carbocycles. The van der Waals surface area contributed by atoms with Gasteiger partial charge in [-0.15, -0.1) is 0 Å². The Morgan fingerprint density at radius 2 is 1.74 bits per heavy atom. The number of rotatable bonds is 5. The van der Waals surface area contributed by atoms with Crippen molar-refractivity contribution in [2.24, 2.45) is 5.73 Å². The van der Waals surface area contributed by atoms with Gasteiger partial charge in [0, 0.05) is 38.6 Å². The maximum atomic E-state index is 5.93. The second-order valence-electron chi connectivity index (χ2n) is 5.10. The van der Waals surface area contributed by atoms with Crippen molar-refractivity contribution in [2.75, 3.05) is 39.3 Å². The number of hydrogen-bond donors (Lipinski definition) is 1. The Morgan fingerprint density at radius 3 is 2.26 bits per heavy atom. The number of benzene rings is 1. The molecule has 104 valence electrons. The molecular weight excluding hydrogens is 254 g/mol. The van der Waals surface area contributed by atoms with Gasteiger partial charge in [0.05, 0.1) is 4.99 Å². The number of likely N-dealkylation sites (N-methyl/N-ethyl adjacent to an activating group) is 1. The van der Waals surface area contributed by atoms with Crippen LogP contribution in [0.5, 0.6) is 0 Å². The highest BCUT2D eigenvalue weighted by molar-refractivity contribution is 7.80. The molecule has 0 radical (unpaired) electrons. The van der Waals surface area contributed by atoms with Gasteiger partial charge in [0.15, 0.2) is 0 Å². The third-order valence-electron chi connectivity index (χ3n) is 3.90. The zero-order chi connectivity index (χ0) is 13.7. The SMILES string of the molecule is CCN1CCN(CC(C(N)=S)c2ccccc2)CC1. The van der Waals surface area contributed by atoms with Gasteiger partial charge in [0.2, 0.25) is 0 Å². The molecular formula is C15H23N3S. The van der Waals surface area contributed by atoms with Crippen molar-refractivity contribution in [3.8, 4) is 0 Å². The molecule has 0 aliphatic carbocycles. The summed E-state index contributed by atoms with van der Waals surface area (Å²) in [6, 6.07) is 10.4. The molecule has 1 aliphatic rings. The van der Waals surface area contributed by atoms with Crippen LogP contribution in [0.1, 0.15) is 18.4 Å². The number of nitrogens with zero attached hydrogens (tertiary/aromatic N) is 2. The lowest BCUT2D eigenvalue weighted by molar-refractivity contribution is 0.136. The third-order valence-corrected chi connectivity index (χ3v) is 4.18. The number of piperazine rings is 1. The summed E-state index contributed by atoms with van der Waals surface area (Å²) >= 11 is 5.25. The van der Waals surface area contributed by atoms with E-state index >= 15 is 0 Å². The summed E-state index contributed by atoms with van der Waals surface area (Å²) < 4.78 is 0. The zero-order valence-corrected chi connectivity index (χ0v) is 12.4. The highest BCUT2D eigenvalue weighted by Crippen LogP contribution is 2.18. The Hall–Kier alpha value is -0.970. The van der Waals surface area contributed by atoms with E-state index < -0.39 is 0 Å². The molecule has 0 spiro atoms. The minimum absolute atomic E-state index is 0.171. The second kappa shape index (κ2) is 6.98. The van der Waals surface area contributed by atoms with Crippen molar-refractivity contribution >= 4 is 17.2 Å². The van der Waals surface area contributed by atoms with Crippen molar-refractivity contribution < 1.29 is 0 Å². The van der Waals surface area contributed by atoms with E-state index in [1.165, 1.54) is 5.56 Å². The first-order valence-corrected chi connectivity index (χ1v) is 7.40. The molecule has 0 amide bonds. The summed E-state index contributed by atoms with van der Waals surface area (Å²) in [5, 5.41) is 0. The molecule has 19 heavy (non-hydrogen) atoms. The largest absolute Gasteiger partial charge is 0.393 e. The lowest BCUT2D eigenvalue weighted by atomic mass is 9.98. The van der Waals surface area contributed by atoms with E-state index in [0.717, 1.165) is 39.3 Å².